The predicted octanol–water partition coefficient (Wildman–Crippen LogP) is 4.92. The first-order valence-electron chi connectivity index (χ1n) is 7.32. The number of pyridine rings is 1. The molecule has 0 aliphatic rings. The maximum absolute atomic E-state index is 13.4. The number of hydrogen-bond acceptors (Lipinski definition) is 0. The zero-order valence-electron chi connectivity index (χ0n) is 12.2. The highest BCUT2D eigenvalue weighted by molar-refractivity contribution is 6.07. The number of aromatic amines is 1. The van der Waals surface area contributed by atoms with E-state index < -0.39 is 0 Å². The molecule has 106 valence electrons. The fourth-order valence-corrected chi connectivity index (χ4v) is 2.93. The normalized spacial score (nSPS) is 11.2. The number of H-pyrrole nitrogens is 1. The number of rotatable bonds is 1. The maximum atomic E-state index is 13.4. The summed E-state index contributed by atoms with van der Waals surface area (Å²) in [5.41, 5.74) is 2.64. The summed E-state index contributed by atoms with van der Waals surface area (Å²) in [4.78, 5) is 3.34. The third kappa shape index (κ3) is 2.04. The van der Waals surface area contributed by atoms with E-state index in [1.54, 1.807) is 13.0 Å². The summed E-state index contributed by atoms with van der Waals surface area (Å²) in [6.45, 7) is 1.79. The molecule has 3 aromatic carbocycles. The smallest absolute Gasteiger partial charge is 0.210 e. The lowest BCUT2D eigenvalue weighted by atomic mass is 10.0. The number of aryl methyl sites for hydroxylation is 1. The molecule has 4 aromatic rings. The molecular weight excluding hydrogens is 273 g/mol. The van der Waals surface area contributed by atoms with Gasteiger partial charge >= 0.3 is 0 Å². The largest absolute Gasteiger partial charge is 0.211 e. The summed E-state index contributed by atoms with van der Waals surface area (Å²) in [5, 5.41) is 4.84. The van der Waals surface area contributed by atoms with E-state index in [0.717, 1.165) is 11.3 Å². The molecule has 2 heteroatoms. The van der Waals surface area contributed by atoms with Crippen molar-refractivity contribution in [3.63, 3.8) is 0 Å². The fourth-order valence-electron chi connectivity index (χ4n) is 2.93. The van der Waals surface area contributed by atoms with Crippen LogP contribution >= 0.6 is 0 Å². The van der Waals surface area contributed by atoms with Gasteiger partial charge in [-0.2, -0.15) is 0 Å². The van der Waals surface area contributed by atoms with Crippen LogP contribution in [-0.2, 0) is 0 Å². The minimum Gasteiger partial charge on any atom is -0.210 e. The number of aromatic nitrogens is 1. The van der Waals surface area contributed by atoms with Crippen molar-refractivity contribution in [2.75, 3.05) is 0 Å². The van der Waals surface area contributed by atoms with Gasteiger partial charge in [0, 0.05) is 11.6 Å². The Morgan fingerprint density at radius 3 is 2.50 bits per heavy atom. The van der Waals surface area contributed by atoms with Gasteiger partial charge in [-0.15, -0.1) is 0 Å². The van der Waals surface area contributed by atoms with E-state index in [0.29, 0.717) is 5.56 Å². The molecule has 0 aliphatic carbocycles. The summed E-state index contributed by atoms with van der Waals surface area (Å²) >= 11 is 0. The average molecular weight is 288 g/mol. The lowest BCUT2D eigenvalue weighted by Crippen LogP contribution is -2.06. The van der Waals surface area contributed by atoms with Crippen molar-refractivity contribution in [2.24, 2.45) is 0 Å². The molecule has 0 atom stereocenters. The maximum Gasteiger partial charge on any atom is 0.211 e. The molecule has 0 spiro atoms. The molecule has 1 heterocycles. The van der Waals surface area contributed by atoms with Crippen LogP contribution in [0.25, 0.3) is 32.8 Å². The Bertz CT molecular complexity index is 1000. The molecular formula is C20H15FN+. The number of nitrogens with one attached hydrogen (secondary N) is 1. The fraction of sp³-hybridized carbons (Fsp3) is 0.0500. The van der Waals surface area contributed by atoms with Crippen molar-refractivity contribution in [1.29, 1.82) is 0 Å². The van der Waals surface area contributed by atoms with E-state index >= 15 is 0 Å². The van der Waals surface area contributed by atoms with Crippen molar-refractivity contribution in [3.05, 3.63) is 78.2 Å². The molecule has 1 aromatic heterocycles. The number of fused-ring (bicyclic) bond motifs is 3. The van der Waals surface area contributed by atoms with Crippen LogP contribution in [0.15, 0.2) is 66.9 Å². The first kappa shape index (κ1) is 13.0. The molecule has 22 heavy (non-hydrogen) atoms. The Morgan fingerprint density at radius 1 is 0.818 bits per heavy atom. The van der Waals surface area contributed by atoms with E-state index in [1.807, 2.05) is 18.3 Å². The molecule has 0 saturated heterocycles. The highest BCUT2D eigenvalue weighted by Gasteiger charge is 2.10. The number of halogens is 1. The van der Waals surface area contributed by atoms with Gasteiger partial charge in [0.05, 0.1) is 5.39 Å². The Morgan fingerprint density at radius 2 is 1.64 bits per heavy atom. The highest BCUT2D eigenvalue weighted by Crippen LogP contribution is 2.27. The van der Waals surface area contributed by atoms with Gasteiger partial charge in [0.25, 0.3) is 0 Å². The van der Waals surface area contributed by atoms with E-state index in [1.165, 1.54) is 27.6 Å². The van der Waals surface area contributed by atoms with E-state index in [-0.39, 0.29) is 5.82 Å². The molecule has 0 amide bonds. The van der Waals surface area contributed by atoms with Crippen LogP contribution in [0.2, 0.25) is 0 Å². The molecule has 0 fully saturated rings. The Hall–Kier alpha value is -2.74. The summed E-state index contributed by atoms with van der Waals surface area (Å²) < 4.78 is 13.4. The zero-order valence-corrected chi connectivity index (χ0v) is 12.2. The minimum absolute atomic E-state index is 0.171. The highest BCUT2D eigenvalue weighted by atomic mass is 19.1. The third-order valence-corrected chi connectivity index (χ3v) is 4.15. The standard InChI is InChI=1S/C20H14FN/c1-13-10-16(8-9-19(13)21)20-11-15-7-6-14-4-2-3-5-17(14)18(15)12-22-20/h2-12H,1H3/p+1. The van der Waals surface area contributed by atoms with Crippen molar-refractivity contribution >= 4 is 21.5 Å². The van der Waals surface area contributed by atoms with Crippen molar-refractivity contribution < 1.29 is 9.37 Å². The van der Waals surface area contributed by atoms with Gasteiger partial charge in [-0.3, -0.25) is 0 Å². The predicted molar refractivity (Wildman–Crippen MR) is 88.1 cm³/mol. The van der Waals surface area contributed by atoms with Crippen LogP contribution < -0.4 is 4.98 Å². The van der Waals surface area contributed by atoms with E-state index in [9.17, 15) is 4.39 Å². The summed E-state index contributed by atoms with van der Waals surface area (Å²) in [6, 6.07) is 19.9. The molecule has 0 bridgehead atoms. The molecule has 0 radical (unpaired) electrons. The van der Waals surface area contributed by atoms with Crippen molar-refractivity contribution in [2.45, 2.75) is 6.92 Å². The molecule has 0 aliphatic heterocycles. The Kier molecular flexibility index (Phi) is 2.90. The van der Waals surface area contributed by atoms with Gasteiger partial charge in [-0.05, 0) is 46.8 Å². The second-order valence-corrected chi connectivity index (χ2v) is 5.60. The third-order valence-electron chi connectivity index (χ3n) is 4.15. The SMILES string of the molecule is Cc1cc(-c2cc3ccc4ccccc4c3c[nH+]2)ccc1F. The van der Waals surface area contributed by atoms with Crippen LogP contribution in [0, 0.1) is 12.7 Å². The van der Waals surface area contributed by atoms with Crippen LogP contribution in [0.3, 0.4) is 0 Å². The minimum atomic E-state index is -0.171. The molecule has 1 N–H and O–H groups in total. The second-order valence-electron chi connectivity index (χ2n) is 5.60. The van der Waals surface area contributed by atoms with Crippen LogP contribution in [0.4, 0.5) is 4.39 Å². The van der Waals surface area contributed by atoms with E-state index in [4.69, 9.17) is 0 Å². The second kappa shape index (κ2) is 4.92. The van der Waals surface area contributed by atoms with Gasteiger partial charge < -0.3 is 0 Å². The van der Waals surface area contributed by atoms with E-state index in [2.05, 4.69) is 41.4 Å². The molecule has 0 unspecified atom stereocenters. The lowest BCUT2D eigenvalue weighted by molar-refractivity contribution is -0.362. The van der Waals surface area contributed by atoms with Gasteiger partial charge in [-0.25, -0.2) is 9.37 Å². The van der Waals surface area contributed by atoms with Gasteiger partial charge in [0.1, 0.15) is 5.82 Å². The number of benzene rings is 3. The summed E-state index contributed by atoms with van der Waals surface area (Å²) in [6.07, 6.45) is 2.03. The van der Waals surface area contributed by atoms with Crippen LogP contribution in [-0.4, -0.2) is 0 Å². The topological polar surface area (TPSA) is 14.1 Å². The summed E-state index contributed by atoms with van der Waals surface area (Å²) in [7, 11) is 0. The van der Waals surface area contributed by atoms with Gasteiger partial charge in [-0.1, -0.05) is 36.4 Å². The molecule has 1 nitrogen and oxygen atoms in total. The number of hydrogen-bond donors (Lipinski definition) is 0. The average Bonchev–Trinajstić information content (AvgIpc) is 2.56. The zero-order chi connectivity index (χ0) is 15.1. The van der Waals surface area contributed by atoms with Crippen LogP contribution in [0.1, 0.15) is 5.56 Å². The van der Waals surface area contributed by atoms with Gasteiger partial charge in [0.2, 0.25) is 5.69 Å². The monoisotopic (exact) mass is 288 g/mol. The molecule has 0 saturated carbocycles. The first-order valence-corrected chi connectivity index (χ1v) is 7.32. The lowest BCUT2D eigenvalue weighted by Gasteiger charge is -2.03. The Balaban J connectivity index is 1.94. The van der Waals surface area contributed by atoms with Crippen molar-refractivity contribution in [3.8, 4) is 11.3 Å². The Labute approximate surface area is 128 Å². The van der Waals surface area contributed by atoms with Crippen molar-refractivity contribution in [1.82, 2.24) is 0 Å². The quantitative estimate of drug-likeness (QED) is 0.441. The molecule has 4 rings (SSSR count). The van der Waals surface area contributed by atoms with Crippen LogP contribution in [0.5, 0.6) is 0 Å². The first-order chi connectivity index (χ1) is 10.7. The van der Waals surface area contributed by atoms with Gasteiger partial charge in [0.15, 0.2) is 6.20 Å². The summed E-state index contributed by atoms with van der Waals surface area (Å²) in [5.74, 6) is -0.171.